The Bertz CT molecular complexity index is 249. The molecule has 0 aliphatic heterocycles. The van der Waals surface area contributed by atoms with Crippen LogP contribution in [0.25, 0.3) is 0 Å². The van der Waals surface area contributed by atoms with Gasteiger partial charge in [0.25, 0.3) is 0 Å². The number of hydrogen-bond donors (Lipinski definition) is 1. The fraction of sp³-hybridized carbons (Fsp3) is 1.00. The molecule has 0 aromatic heterocycles. The van der Waals surface area contributed by atoms with Gasteiger partial charge in [-0.05, 0) is 25.2 Å². The lowest BCUT2D eigenvalue weighted by Gasteiger charge is -2.45. The van der Waals surface area contributed by atoms with Crippen LogP contribution >= 0.6 is 0 Å². The Hall–Kier alpha value is -0.160. The molecule has 0 aromatic rings. The van der Waals surface area contributed by atoms with E-state index in [0.29, 0.717) is 25.2 Å². The van der Waals surface area contributed by atoms with Gasteiger partial charge in [-0.25, -0.2) is 0 Å². The van der Waals surface area contributed by atoms with Crippen molar-refractivity contribution in [2.45, 2.75) is 63.4 Å². The molecule has 0 saturated heterocycles. The minimum absolute atomic E-state index is 0.0641. The van der Waals surface area contributed by atoms with Crippen LogP contribution in [0.2, 0.25) is 0 Å². The van der Waals surface area contributed by atoms with Gasteiger partial charge in [-0.15, -0.1) is 0 Å². The van der Waals surface area contributed by atoms with E-state index in [0.717, 1.165) is 6.42 Å². The van der Waals surface area contributed by atoms with Gasteiger partial charge in [-0.1, -0.05) is 19.8 Å². The second-order valence-electron chi connectivity index (χ2n) is 5.70. The van der Waals surface area contributed by atoms with Crippen molar-refractivity contribution < 1.29 is 14.2 Å². The topological polar surface area (TPSA) is 53.7 Å². The smallest absolute Gasteiger partial charge is 0.0989 e. The molecule has 2 rings (SSSR count). The number of rotatable bonds is 6. The third kappa shape index (κ3) is 3.44. The molecule has 5 unspecified atom stereocenters. The summed E-state index contributed by atoms with van der Waals surface area (Å²) in [6.45, 7) is 3.52. The highest BCUT2D eigenvalue weighted by Crippen LogP contribution is 2.33. The number of ether oxygens (including phenoxy) is 3. The molecule has 4 nitrogen and oxygen atoms in total. The van der Waals surface area contributed by atoms with Gasteiger partial charge in [-0.3, -0.25) is 0 Å². The zero-order chi connectivity index (χ0) is 13.0. The lowest BCUT2D eigenvalue weighted by Crippen LogP contribution is -2.59. The molecule has 2 N–H and O–H groups in total. The Labute approximate surface area is 110 Å². The summed E-state index contributed by atoms with van der Waals surface area (Å²) in [4.78, 5) is 0. The Balaban J connectivity index is 1.74. The molecule has 18 heavy (non-hydrogen) atoms. The molecule has 0 bridgehead atoms. The summed E-state index contributed by atoms with van der Waals surface area (Å²) in [5.74, 6) is 0.676. The number of methoxy groups -OCH3 is 1. The number of hydrogen-bond acceptors (Lipinski definition) is 4. The van der Waals surface area contributed by atoms with Crippen molar-refractivity contribution in [2.75, 3.05) is 20.3 Å². The highest BCUT2D eigenvalue weighted by molar-refractivity contribution is 4.96. The van der Waals surface area contributed by atoms with Crippen LogP contribution in [0.5, 0.6) is 0 Å². The second-order valence-corrected chi connectivity index (χ2v) is 5.70. The predicted octanol–water partition coefficient (Wildman–Crippen LogP) is 1.71. The van der Waals surface area contributed by atoms with Crippen molar-refractivity contribution in [3.05, 3.63) is 0 Å². The van der Waals surface area contributed by atoms with Gasteiger partial charge in [0, 0.05) is 13.2 Å². The molecule has 0 heterocycles. The summed E-state index contributed by atoms with van der Waals surface area (Å²) < 4.78 is 16.9. The first-order valence-corrected chi connectivity index (χ1v) is 7.24. The molecule has 0 aromatic carbocycles. The van der Waals surface area contributed by atoms with Gasteiger partial charge in [-0.2, -0.15) is 0 Å². The minimum atomic E-state index is 0.0641. The van der Waals surface area contributed by atoms with Crippen molar-refractivity contribution in [1.29, 1.82) is 0 Å². The van der Waals surface area contributed by atoms with E-state index < -0.39 is 0 Å². The normalized spacial score (nSPS) is 40.5. The zero-order valence-electron chi connectivity index (χ0n) is 11.6. The van der Waals surface area contributed by atoms with E-state index in [2.05, 4.69) is 6.92 Å². The molecule has 2 aliphatic carbocycles. The van der Waals surface area contributed by atoms with Gasteiger partial charge < -0.3 is 19.9 Å². The van der Waals surface area contributed by atoms with Gasteiger partial charge >= 0.3 is 0 Å². The summed E-state index contributed by atoms with van der Waals surface area (Å²) in [6, 6.07) is 0.130. The van der Waals surface area contributed by atoms with Crippen LogP contribution in [0.15, 0.2) is 0 Å². The molecular formula is C14H27NO3. The standard InChI is InChI=1S/C14H27NO3/c1-10-5-3-4-6-12(10)18-13-9-11(15)14(13)17-8-7-16-2/h10-14H,3-9,15H2,1-2H3. The summed E-state index contributed by atoms with van der Waals surface area (Å²) >= 11 is 0. The van der Waals surface area contributed by atoms with E-state index in [4.69, 9.17) is 19.9 Å². The van der Waals surface area contributed by atoms with Crippen LogP contribution in [0.4, 0.5) is 0 Å². The summed E-state index contributed by atoms with van der Waals surface area (Å²) in [6.07, 6.45) is 6.72. The first kappa shape index (κ1) is 14.3. The zero-order valence-corrected chi connectivity index (χ0v) is 11.6. The van der Waals surface area contributed by atoms with Gasteiger partial charge in [0.2, 0.25) is 0 Å². The quantitative estimate of drug-likeness (QED) is 0.736. The third-order valence-electron chi connectivity index (χ3n) is 4.27. The highest BCUT2D eigenvalue weighted by atomic mass is 16.6. The van der Waals surface area contributed by atoms with Crippen molar-refractivity contribution in [3.8, 4) is 0 Å². The molecule has 0 amide bonds. The van der Waals surface area contributed by atoms with E-state index in [9.17, 15) is 0 Å². The first-order chi connectivity index (χ1) is 8.72. The van der Waals surface area contributed by atoms with E-state index in [1.165, 1.54) is 25.7 Å². The monoisotopic (exact) mass is 257 g/mol. The predicted molar refractivity (Wildman–Crippen MR) is 70.5 cm³/mol. The van der Waals surface area contributed by atoms with Crippen molar-refractivity contribution in [1.82, 2.24) is 0 Å². The van der Waals surface area contributed by atoms with Crippen molar-refractivity contribution >= 4 is 0 Å². The van der Waals surface area contributed by atoms with Crippen LogP contribution in [-0.2, 0) is 14.2 Å². The Morgan fingerprint density at radius 2 is 1.89 bits per heavy atom. The number of nitrogens with two attached hydrogens (primary N) is 1. The van der Waals surface area contributed by atoms with Crippen LogP contribution in [0.3, 0.4) is 0 Å². The van der Waals surface area contributed by atoms with Crippen LogP contribution in [0.1, 0.15) is 39.0 Å². The molecule has 0 radical (unpaired) electrons. The van der Waals surface area contributed by atoms with E-state index >= 15 is 0 Å². The molecular weight excluding hydrogens is 230 g/mol. The minimum Gasteiger partial charge on any atom is -0.382 e. The molecule has 2 saturated carbocycles. The van der Waals surface area contributed by atoms with Crippen LogP contribution < -0.4 is 5.73 Å². The molecule has 106 valence electrons. The fourth-order valence-electron chi connectivity index (χ4n) is 2.96. The lowest BCUT2D eigenvalue weighted by atomic mass is 9.83. The van der Waals surface area contributed by atoms with E-state index in [-0.39, 0.29) is 18.2 Å². The molecule has 0 spiro atoms. The second kappa shape index (κ2) is 6.85. The lowest BCUT2D eigenvalue weighted by molar-refractivity contribution is -0.178. The summed E-state index contributed by atoms with van der Waals surface area (Å²) in [5, 5.41) is 0. The molecule has 5 atom stereocenters. The Morgan fingerprint density at radius 3 is 2.56 bits per heavy atom. The Kier molecular flexibility index (Phi) is 5.42. The fourth-order valence-corrected chi connectivity index (χ4v) is 2.96. The van der Waals surface area contributed by atoms with E-state index in [1.807, 2.05) is 0 Å². The largest absolute Gasteiger partial charge is 0.382 e. The Morgan fingerprint density at radius 1 is 1.11 bits per heavy atom. The van der Waals surface area contributed by atoms with Crippen LogP contribution in [0, 0.1) is 5.92 Å². The van der Waals surface area contributed by atoms with Crippen molar-refractivity contribution in [3.63, 3.8) is 0 Å². The first-order valence-electron chi connectivity index (χ1n) is 7.24. The molecule has 2 fully saturated rings. The molecule has 2 aliphatic rings. The summed E-state index contributed by atoms with van der Waals surface area (Å²) in [5.41, 5.74) is 5.99. The third-order valence-corrected chi connectivity index (χ3v) is 4.27. The van der Waals surface area contributed by atoms with Crippen LogP contribution in [-0.4, -0.2) is 44.7 Å². The van der Waals surface area contributed by atoms with Gasteiger partial charge in [0.05, 0.1) is 31.5 Å². The average molecular weight is 257 g/mol. The summed E-state index contributed by atoms with van der Waals surface area (Å²) in [7, 11) is 1.68. The van der Waals surface area contributed by atoms with Gasteiger partial charge in [0.15, 0.2) is 0 Å². The van der Waals surface area contributed by atoms with Crippen molar-refractivity contribution in [2.24, 2.45) is 11.7 Å². The van der Waals surface area contributed by atoms with Gasteiger partial charge in [0.1, 0.15) is 0 Å². The highest BCUT2D eigenvalue weighted by Gasteiger charge is 2.42. The maximum Gasteiger partial charge on any atom is 0.0989 e. The molecule has 4 heteroatoms. The maximum atomic E-state index is 6.21. The SMILES string of the molecule is COCCOC1C(N)CC1OC1CCCCC1C. The average Bonchev–Trinajstić information content (AvgIpc) is 2.36. The van der Waals surface area contributed by atoms with E-state index in [1.54, 1.807) is 7.11 Å². The maximum absolute atomic E-state index is 6.21.